The molecule has 3 heteroatoms. The van der Waals surface area contributed by atoms with Crippen LogP contribution in [0.2, 0.25) is 0 Å². The third kappa shape index (κ3) is 3.04. The van der Waals surface area contributed by atoms with Gasteiger partial charge in [-0.1, -0.05) is 36.2 Å². The average Bonchev–Trinajstić information content (AvgIpc) is 2.89. The number of amides is 1. The zero-order valence-electron chi connectivity index (χ0n) is 10.9. The van der Waals surface area contributed by atoms with Gasteiger partial charge in [0, 0.05) is 17.3 Å². The van der Waals surface area contributed by atoms with Crippen molar-refractivity contribution in [3.05, 3.63) is 0 Å². The molecule has 0 radical (unpaired) electrons. The van der Waals surface area contributed by atoms with E-state index in [1.54, 1.807) is 0 Å². The van der Waals surface area contributed by atoms with Crippen molar-refractivity contribution in [2.24, 2.45) is 23.7 Å². The lowest BCUT2D eigenvalue weighted by Crippen LogP contribution is -2.43. The zero-order valence-corrected chi connectivity index (χ0v) is 12.5. The van der Waals surface area contributed by atoms with Gasteiger partial charge in [-0.3, -0.25) is 4.79 Å². The molecular formula is C14H24BrNO. The molecule has 0 aliphatic heterocycles. The van der Waals surface area contributed by atoms with Gasteiger partial charge >= 0.3 is 0 Å². The number of nitrogens with one attached hydrogen (secondary N) is 1. The maximum atomic E-state index is 12.3. The van der Waals surface area contributed by atoms with Gasteiger partial charge in [0.25, 0.3) is 0 Å². The lowest BCUT2D eigenvalue weighted by atomic mass is 9.87. The summed E-state index contributed by atoms with van der Waals surface area (Å²) in [6, 6.07) is 0.334. The van der Waals surface area contributed by atoms with E-state index in [1.165, 1.54) is 19.3 Å². The molecule has 1 N–H and O–H groups in total. The van der Waals surface area contributed by atoms with Gasteiger partial charge in [-0.2, -0.15) is 0 Å². The van der Waals surface area contributed by atoms with E-state index in [-0.39, 0.29) is 0 Å². The fourth-order valence-corrected chi connectivity index (χ4v) is 4.04. The number of alkyl halides is 1. The summed E-state index contributed by atoms with van der Waals surface area (Å²) < 4.78 is 0. The molecule has 0 aromatic rings. The van der Waals surface area contributed by atoms with Crippen LogP contribution in [0.25, 0.3) is 0 Å². The molecule has 2 bridgehead atoms. The number of carbonyl (C=O) groups is 1. The van der Waals surface area contributed by atoms with Crippen molar-refractivity contribution < 1.29 is 4.79 Å². The van der Waals surface area contributed by atoms with Gasteiger partial charge in [0.05, 0.1) is 0 Å². The van der Waals surface area contributed by atoms with Crippen LogP contribution >= 0.6 is 15.9 Å². The molecule has 4 unspecified atom stereocenters. The average molecular weight is 302 g/mol. The third-order valence-electron chi connectivity index (χ3n) is 4.63. The molecule has 2 fully saturated rings. The lowest BCUT2D eigenvalue weighted by molar-refractivity contribution is -0.127. The van der Waals surface area contributed by atoms with E-state index in [4.69, 9.17) is 0 Å². The molecule has 0 heterocycles. The highest BCUT2D eigenvalue weighted by Gasteiger charge is 2.43. The number of rotatable bonds is 5. The summed E-state index contributed by atoms with van der Waals surface area (Å²) >= 11 is 3.47. The predicted molar refractivity (Wildman–Crippen MR) is 74.1 cm³/mol. The minimum atomic E-state index is 0.324. The molecule has 2 aliphatic carbocycles. The first kappa shape index (κ1) is 13.4. The van der Waals surface area contributed by atoms with Crippen LogP contribution in [0, 0.1) is 23.7 Å². The van der Waals surface area contributed by atoms with Crippen LogP contribution in [0.1, 0.15) is 46.0 Å². The van der Waals surface area contributed by atoms with E-state index in [1.807, 2.05) is 0 Å². The molecule has 2 aliphatic rings. The molecular weight excluding hydrogens is 278 g/mol. The molecule has 0 saturated heterocycles. The molecule has 17 heavy (non-hydrogen) atoms. The van der Waals surface area contributed by atoms with Crippen molar-refractivity contribution in [3.8, 4) is 0 Å². The summed E-state index contributed by atoms with van der Waals surface area (Å²) in [6.45, 7) is 4.38. The Morgan fingerprint density at radius 3 is 2.59 bits per heavy atom. The topological polar surface area (TPSA) is 29.1 Å². The summed E-state index contributed by atoms with van der Waals surface area (Å²) in [5, 5.41) is 4.24. The van der Waals surface area contributed by atoms with E-state index < -0.39 is 0 Å². The minimum absolute atomic E-state index is 0.324. The van der Waals surface area contributed by atoms with Gasteiger partial charge in [-0.25, -0.2) is 0 Å². The number of halogens is 1. The Hall–Kier alpha value is -0.0500. The summed E-state index contributed by atoms with van der Waals surface area (Å²) in [7, 11) is 0. The van der Waals surface area contributed by atoms with Crippen molar-refractivity contribution in [1.82, 2.24) is 5.32 Å². The van der Waals surface area contributed by atoms with Gasteiger partial charge in [-0.15, -0.1) is 0 Å². The van der Waals surface area contributed by atoms with E-state index in [2.05, 4.69) is 35.1 Å². The maximum Gasteiger partial charge on any atom is 0.223 e. The zero-order chi connectivity index (χ0) is 12.4. The van der Waals surface area contributed by atoms with Crippen molar-refractivity contribution in [2.45, 2.75) is 52.0 Å². The Morgan fingerprint density at radius 2 is 2.12 bits per heavy atom. The standard InChI is InChI=1S/C14H24BrNO/c1-9(2)13(5-6-15)16-14(17)12-8-10-3-4-11(12)7-10/h9-13H,3-8H2,1-2H3,(H,16,17). The Kier molecular flexibility index (Phi) is 4.51. The van der Waals surface area contributed by atoms with Gasteiger partial charge in [0.1, 0.15) is 0 Å². The first-order chi connectivity index (χ1) is 8.11. The van der Waals surface area contributed by atoms with Crippen LogP contribution < -0.4 is 5.32 Å². The molecule has 1 amide bonds. The van der Waals surface area contributed by atoms with Crippen LogP contribution in [0.5, 0.6) is 0 Å². The largest absolute Gasteiger partial charge is 0.353 e. The third-order valence-corrected chi connectivity index (χ3v) is 5.09. The Labute approximate surface area is 113 Å². The number of hydrogen-bond donors (Lipinski definition) is 1. The number of hydrogen-bond acceptors (Lipinski definition) is 1. The number of carbonyl (C=O) groups excluding carboxylic acids is 1. The Balaban J connectivity index is 1.87. The van der Waals surface area contributed by atoms with Crippen LogP contribution in [-0.4, -0.2) is 17.3 Å². The molecule has 0 aromatic heterocycles. The van der Waals surface area contributed by atoms with Crippen LogP contribution in [-0.2, 0) is 4.79 Å². The second kappa shape index (κ2) is 5.73. The van der Waals surface area contributed by atoms with E-state index >= 15 is 0 Å². The summed E-state index contributed by atoms with van der Waals surface area (Å²) in [5.41, 5.74) is 0. The van der Waals surface area contributed by atoms with Crippen molar-refractivity contribution >= 4 is 21.8 Å². The predicted octanol–water partition coefficient (Wildman–Crippen LogP) is 3.35. The smallest absolute Gasteiger partial charge is 0.223 e. The second-order valence-electron chi connectivity index (χ2n) is 6.12. The highest BCUT2D eigenvalue weighted by atomic mass is 79.9. The van der Waals surface area contributed by atoms with Crippen molar-refractivity contribution in [3.63, 3.8) is 0 Å². The van der Waals surface area contributed by atoms with Crippen LogP contribution in [0.3, 0.4) is 0 Å². The first-order valence-electron chi connectivity index (χ1n) is 6.98. The molecule has 98 valence electrons. The molecule has 2 nitrogen and oxygen atoms in total. The minimum Gasteiger partial charge on any atom is -0.353 e. The molecule has 0 spiro atoms. The highest BCUT2D eigenvalue weighted by molar-refractivity contribution is 9.09. The monoisotopic (exact) mass is 301 g/mol. The highest BCUT2D eigenvalue weighted by Crippen LogP contribution is 2.48. The summed E-state index contributed by atoms with van der Waals surface area (Å²) in [6.07, 6.45) is 6.14. The fraction of sp³-hybridized carbons (Fsp3) is 0.929. The fourth-order valence-electron chi connectivity index (χ4n) is 3.55. The lowest BCUT2D eigenvalue weighted by Gasteiger charge is -2.26. The first-order valence-corrected chi connectivity index (χ1v) is 8.10. The Morgan fingerprint density at radius 1 is 1.35 bits per heavy atom. The summed E-state index contributed by atoms with van der Waals surface area (Å²) in [5.74, 6) is 2.72. The van der Waals surface area contributed by atoms with Gasteiger partial charge in [0.2, 0.25) is 5.91 Å². The SMILES string of the molecule is CC(C)C(CCBr)NC(=O)C1CC2CCC1C2. The number of fused-ring (bicyclic) bond motifs is 2. The van der Waals surface area contributed by atoms with Gasteiger partial charge < -0.3 is 5.32 Å². The normalized spacial score (nSPS) is 33.1. The van der Waals surface area contributed by atoms with E-state index in [0.29, 0.717) is 29.7 Å². The quantitative estimate of drug-likeness (QED) is 0.775. The molecule has 0 aromatic carbocycles. The van der Waals surface area contributed by atoms with Crippen molar-refractivity contribution in [2.75, 3.05) is 5.33 Å². The van der Waals surface area contributed by atoms with Gasteiger partial charge in [0.15, 0.2) is 0 Å². The molecule has 4 atom stereocenters. The Bertz CT molecular complexity index is 279. The second-order valence-corrected chi connectivity index (χ2v) is 6.91. The van der Waals surface area contributed by atoms with Crippen LogP contribution in [0.4, 0.5) is 0 Å². The van der Waals surface area contributed by atoms with Crippen LogP contribution in [0.15, 0.2) is 0 Å². The molecule has 2 saturated carbocycles. The van der Waals surface area contributed by atoms with E-state index in [9.17, 15) is 4.79 Å². The van der Waals surface area contributed by atoms with Gasteiger partial charge in [-0.05, 0) is 43.4 Å². The summed E-state index contributed by atoms with van der Waals surface area (Å²) in [4.78, 5) is 12.3. The maximum absolute atomic E-state index is 12.3. The van der Waals surface area contributed by atoms with Crippen molar-refractivity contribution in [1.29, 1.82) is 0 Å². The molecule has 2 rings (SSSR count). The van der Waals surface area contributed by atoms with E-state index in [0.717, 1.165) is 24.1 Å².